The smallest absolute Gasteiger partial charge is 0.270 e. The molecule has 0 amide bonds. The second-order valence-corrected chi connectivity index (χ2v) is 3.75. The number of nitro groups is 1. The van der Waals surface area contributed by atoms with E-state index in [1.165, 1.54) is 6.07 Å². The van der Waals surface area contributed by atoms with Crippen molar-refractivity contribution in [3.63, 3.8) is 0 Å². The second-order valence-electron chi connectivity index (χ2n) is 3.75. The lowest BCUT2D eigenvalue weighted by Crippen LogP contribution is -2.03. The first-order chi connectivity index (χ1) is 7.63. The summed E-state index contributed by atoms with van der Waals surface area (Å²) in [6.07, 6.45) is 0.729. The molecule has 0 aliphatic carbocycles. The van der Waals surface area contributed by atoms with Crippen LogP contribution in [0.5, 0.6) is 0 Å². The minimum atomic E-state index is -0.381. The lowest BCUT2D eigenvalue weighted by atomic mass is 10.1. The topological polar surface area (TPSA) is 84.9 Å². The third-order valence-corrected chi connectivity index (χ3v) is 2.71. The van der Waals surface area contributed by atoms with E-state index >= 15 is 0 Å². The van der Waals surface area contributed by atoms with Crippen LogP contribution < -0.4 is 5.73 Å². The third kappa shape index (κ3) is 1.65. The van der Waals surface area contributed by atoms with Crippen LogP contribution in [0.3, 0.4) is 0 Å². The van der Waals surface area contributed by atoms with E-state index in [4.69, 9.17) is 5.73 Å². The molecule has 2 aromatic rings. The number of aromatic nitrogens is 1. The molecule has 84 valence electrons. The second kappa shape index (κ2) is 3.94. The van der Waals surface area contributed by atoms with Crippen LogP contribution in [0.25, 0.3) is 10.9 Å². The van der Waals surface area contributed by atoms with Crippen molar-refractivity contribution < 1.29 is 4.92 Å². The zero-order chi connectivity index (χ0) is 11.7. The first kappa shape index (κ1) is 10.6. The van der Waals surface area contributed by atoms with Gasteiger partial charge < -0.3 is 10.7 Å². The summed E-state index contributed by atoms with van der Waals surface area (Å²) in [7, 11) is 0. The van der Waals surface area contributed by atoms with Crippen molar-refractivity contribution in [3.05, 3.63) is 39.6 Å². The van der Waals surface area contributed by atoms with Crippen molar-refractivity contribution >= 4 is 16.6 Å². The zero-order valence-corrected chi connectivity index (χ0v) is 8.99. The Kier molecular flexibility index (Phi) is 2.62. The highest BCUT2D eigenvalue weighted by molar-refractivity contribution is 5.86. The molecule has 0 bridgehead atoms. The fraction of sp³-hybridized carbons (Fsp3) is 0.273. The number of aromatic amines is 1. The Balaban J connectivity index is 2.64. The first-order valence-electron chi connectivity index (χ1n) is 5.09. The van der Waals surface area contributed by atoms with Crippen molar-refractivity contribution in [1.82, 2.24) is 4.98 Å². The van der Waals surface area contributed by atoms with Gasteiger partial charge in [-0.25, -0.2) is 0 Å². The van der Waals surface area contributed by atoms with Gasteiger partial charge in [0.2, 0.25) is 0 Å². The Bertz CT molecular complexity index is 545. The summed E-state index contributed by atoms with van der Waals surface area (Å²) >= 11 is 0. The van der Waals surface area contributed by atoms with Crippen LogP contribution in [-0.4, -0.2) is 16.5 Å². The largest absolute Gasteiger partial charge is 0.358 e. The van der Waals surface area contributed by atoms with Crippen LogP contribution in [0.4, 0.5) is 5.69 Å². The molecule has 0 aliphatic heterocycles. The van der Waals surface area contributed by atoms with Crippen molar-refractivity contribution in [2.75, 3.05) is 6.54 Å². The average Bonchev–Trinajstić information content (AvgIpc) is 2.55. The van der Waals surface area contributed by atoms with E-state index in [-0.39, 0.29) is 10.6 Å². The molecule has 0 saturated carbocycles. The molecular weight excluding hydrogens is 206 g/mol. The number of rotatable bonds is 3. The maximum Gasteiger partial charge on any atom is 0.270 e. The lowest BCUT2D eigenvalue weighted by Gasteiger charge is -1.98. The molecule has 0 unspecified atom stereocenters. The molecule has 1 aromatic carbocycles. The molecule has 0 radical (unpaired) electrons. The molecule has 0 fully saturated rings. The van der Waals surface area contributed by atoms with Crippen molar-refractivity contribution in [2.24, 2.45) is 5.73 Å². The molecule has 1 aromatic heterocycles. The highest BCUT2D eigenvalue weighted by Gasteiger charge is 2.12. The normalized spacial score (nSPS) is 10.9. The minimum Gasteiger partial charge on any atom is -0.358 e. The van der Waals surface area contributed by atoms with E-state index in [1.54, 1.807) is 12.1 Å². The summed E-state index contributed by atoms with van der Waals surface area (Å²) in [4.78, 5) is 13.5. The van der Waals surface area contributed by atoms with Crippen LogP contribution in [-0.2, 0) is 6.42 Å². The van der Waals surface area contributed by atoms with Gasteiger partial charge in [0, 0.05) is 28.7 Å². The number of hydrogen-bond donors (Lipinski definition) is 2. The molecule has 1 heterocycles. The molecule has 0 saturated heterocycles. The van der Waals surface area contributed by atoms with Gasteiger partial charge >= 0.3 is 0 Å². The maximum absolute atomic E-state index is 10.7. The van der Waals surface area contributed by atoms with Gasteiger partial charge in [0.25, 0.3) is 5.69 Å². The fourth-order valence-corrected chi connectivity index (χ4v) is 1.95. The predicted molar refractivity (Wildman–Crippen MR) is 62.4 cm³/mol. The summed E-state index contributed by atoms with van der Waals surface area (Å²) in [6.45, 7) is 2.49. The molecule has 0 spiro atoms. The van der Waals surface area contributed by atoms with Gasteiger partial charge in [0.1, 0.15) is 0 Å². The van der Waals surface area contributed by atoms with E-state index in [0.717, 1.165) is 28.6 Å². The van der Waals surface area contributed by atoms with Gasteiger partial charge in [0.15, 0.2) is 0 Å². The van der Waals surface area contributed by atoms with Gasteiger partial charge in [-0.1, -0.05) is 0 Å². The van der Waals surface area contributed by atoms with E-state index < -0.39 is 0 Å². The zero-order valence-electron chi connectivity index (χ0n) is 8.99. The number of nitrogens with zero attached hydrogens (tertiary/aromatic N) is 1. The quantitative estimate of drug-likeness (QED) is 0.610. The van der Waals surface area contributed by atoms with Crippen LogP contribution in [0, 0.1) is 17.0 Å². The van der Waals surface area contributed by atoms with Crippen LogP contribution in [0.15, 0.2) is 18.2 Å². The Labute approximate surface area is 92.4 Å². The van der Waals surface area contributed by atoms with E-state index in [2.05, 4.69) is 4.98 Å². The highest BCUT2D eigenvalue weighted by Crippen LogP contribution is 2.26. The molecule has 2 rings (SSSR count). The van der Waals surface area contributed by atoms with E-state index in [9.17, 15) is 10.1 Å². The minimum absolute atomic E-state index is 0.116. The number of aryl methyl sites for hydroxylation is 1. The van der Waals surface area contributed by atoms with E-state index in [1.807, 2.05) is 6.92 Å². The van der Waals surface area contributed by atoms with Gasteiger partial charge in [-0.3, -0.25) is 10.1 Å². The van der Waals surface area contributed by atoms with Crippen molar-refractivity contribution in [1.29, 1.82) is 0 Å². The molecule has 3 N–H and O–H groups in total. The predicted octanol–water partition coefficient (Wildman–Crippen LogP) is 1.89. The van der Waals surface area contributed by atoms with Gasteiger partial charge in [-0.15, -0.1) is 0 Å². The molecule has 0 atom stereocenters. The van der Waals surface area contributed by atoms with Crippen molar-refractivity contribution in [2.45, 2.75) is 13.3 Å². The van der Waals surface area contributed by atoms with Crippen LogP contribution in [0.2, 0.25) is 0 Å². The number of non-ortho nitro benzene ring substituents is 1. The number of fused-ring (bicyclic) bond motifs is 1. The summed E-state index contributed by atoms with van der Waals surface area (Å²) in [5, 5.41) is 11.6. The first-order valence-corrected chi connectivity index (χ1v) is 5.09. The number of hydrogen-bond acceptors (Lipinski definition) is 3. The Hall–Kier alpha value is -1.88. The van der Waals surface area contributed by atoms with Gasteiger partial charge in [-0.05, 0) is 31.5 Å². The summed E-state index contributed by atoms with van der Waals surface area (Å²) < 4.78 is 0. The highest BCUT2D eigenvalue weighted by atomic mass is 16.6. The SMILES string of the molecule is Cc1[nH]c2ccc([N+](=O)[O-])cc2c1CCN. The van der Waals surface area contributed by atoms with Gasteiger partial charge in [0.05, 0.1) is 4.92 Å². The Morgan fingerprint density at radius 2 is 2.25 bits per heavy atom. The van der Waals surface area contributed by atoms with E-state index in [0.29, 0.717) is 6.54 Å². The number of nitro benzene ring substituents is 1. The number of nitrogens with two attached hydrogens (primary N) is 1. The average molecular weight is 219 g/mol. The molecular formula is C11H13N3O2. The number of nitrogens with one attached hydrogen (secondary N) is 1. The standard InChI is InChI=1S/C11H13N3O2/c1-7-9(4-5-12)10-6-8(14(15)16)2-3-11(10)13-7/h2-3,6,13H,4-5,12H2,1H3. The van der Waals surface area contributed by atoms with Gasteiger partial charge in [-0.2, -0.15) is 0 Å². The van der Waals surface area contributed by atoms with Crippen LogP contribution >= 0.6 is 0 Å². The number of H-pyrrole nitrogens is 1. The molecule has 0 aliphatic rings. The van der Waals surface area contributed by atoms with Crippen molar-refractivity contribution in [3.8, 4) is 0 Å². The van der Waals surface area contributed by atoms with Crippen LogP contribution in [0.1, 0.15) is 11.3 Å². The number of benzene rings is 1. The Morgan fingerprint density at radius 1 is 1.50 bits per heavy atom. The third-order valence-electron chi connectivity index (χ3n) is 2.71. The molecule has 5 nitrogen and oxygen atoms in total. The molecule has 16 heavy (non-hydrogen) atoms. The monoisotopic (exact) mass is 219 g/mol. The lowest BCUT2D eigenvalue weighted by molar-refractivity contribution is -0.384. The fourth-order valence-electron chi connectivity index (χ4n) is 1.95. The molecule has 5 heteroatoms. The Morgan fingerprint density at radius 3 is 2.88 bits per heavy atom. The maximum atomic E-state index is 10.7. The summed E-state index contributed by atoms with van der Waals surface area (Å²) in [5.41, 5.74) is 8.67. The summed E-state index contributed by atoms with van der Waals surface area (Å²) in [6, 6.07) is 4.84. The summed E-state index contributed by atoms with van der Waals surface area (Å²) in [5.74, 6) is 0.